The van der Waals surface area contributed by atoms with Crippen molar-refractivity contribution in [1.29, 1.82) is 0 Å². The van der Waals surface area contributed by atoms with E-state index < -0.39 is 17.8 Å². The van der Waals surface area contributed by atoms with E-state index >= 15 is 0 Å². The first-order valence-corrected chi connectivity index (χ1v) is 8.22. The summed E-state index contributed by atoms with van der Waals surface area (Å²) in [5.74, 6) is -1.32. The molecule has 7 nitrogen and oxygen atoms in total. The van der Waals surface area contributed by atoms with Gasteiger partial charge in [-0.25, -0.2) is 9.69 Å². The normalized spacial score (nSPS) is 13.8. The second-order valence-corrected chi connectivity index (χ2v) is 5.91. The van der Waals surface area contributed by atoms with Crippen LogP contribution in [0.15, 0.2) is 59.3 Å². The average molecular weight is 387 g/mol. The van der Waals surface area contributed by atoms with Crippen molar-refractivity contribution in [1.82, 2.24) is 0 Å². The standard InChI is InChI=1S/C19H15ClN2O5/c1-26-14-8-4-6-12(10-14)21-16-15(20)17(23)22(18(16)24)13-7-3-5-11(9-13)19(25)27-2/h3-10,21H,1-2H3. The van der Waals surface area contributed by atoms with Crippen molar-refractivity contribution in [3.63, 3.8) is 0 Å². The van der Waals surface area contributed by atoms with E-state index in [1.807, 2.05) is 0 Å². The fraction of sp³-hybridized carbons (Fsp3) is 0.105. The molecule has 0 fully saturated rings. The second kappa shape index (κ2) is 7.51. The molecule has 1 aliphatic heterocycles. The lowest BCUT2D eigenvalue weighted by Crippen LogP contribution is -2.32. The van der Waals surface area contributed by atoms with E-state index in [4.69, 9.17) is 16.3 Å². The van der Waals surface area contributed by atoms with Crippen LogP contribution in [0.4, 0.5) is 11.4 Å². The third-order valence-electron chi connectivity index (χ3n) is 3.89. The molecule has 1 heterocycles. The molecular formula is C19H15ClN2O5. The maximum Gasteiger partial charge on any atom is 0.337 e. The molecule has 2 aromatic carbocycles. The molecule has 1 N–H and O–H groups in total. The van der Waals surface area contributed by atoms with Crippen LogP contribution in [0.2, 0.25) is 0 Å². The lowest BCUT2D eigenvalue weighted by Gasteiger charge is -2.16. The van der Waals surface area contributed by atoms with Gasteiger partial charge in [0.2, 0.25) is 0 Å². The van der Waals surface area contributed by atoms with E-state index in [0.29, 0.717) is 11.4 Å². The first-order valence-electron chi connectivity index (χ1n) is 7.84. The molecule has 0 atom stereocenters. The van der Waals surface area contributed by atoms with Crippen LogP contribution in [0.5, 0.6) is 5.75 Å². The summed E-state index contributed by atoms with van der Waals surface area (Å²) < 4.78 is 9.80. The summed E-state index contributed by atoms with van der Waals surface area (Å²) in [6.07, 6.45) is 0. The number of benzene rings is 2. The van der Waals surface area contributed by atoms with E-state index in [-0.39, 0.29) is 22.0 Å². The number of hydrogen-bond acceptors (Lipinski definition) is 6. The summed E-state index contributed by atoms with van der Waals surface area (Å²) in [7, 11) is 2.77. The van der Waals surface area contributed by atoms with Crippen molar-refractivity contribution in [2.24, 2.45) is 0 Å². The number of carbonyl (C=O) groups excluding carboxylic acids is 3. The van der Waals surface area contributed by atoms with Crippen LogP contribution in [-0.4, -0.2) is 32.0 Å². The van der Waals surface area contributed by atoms with Gasteiger partial charge in [-0.2, -0.15) is 0 Å². The molecule has 0 bridgehead atoms. The summed E-state index contributed by atoms with van der Waals surface area (Å²) in [5.41, 5.74) is 0.904. The van der Waals surface area contributed by atoms with Crippen molar-refractivity contribution in [2.75, 3.05) is 24.4 Å². The molecule has 0 aliphatic carbocycles. The largest absolute Gasteiger partial charge is 0.497 e. The van der Waals surface area contributed by atoms with Crippen LogP contribution in [0, 0.1) is 0 Å². The number of ether oxygens (including phenoxy) is 2. The molecule has 1 aliphatic rings. The highest BCUT2D eigenvalue weighted by Crippen LogP contribution is 2.31. The number of nitrogens with zero attached hydrogens (tertiary/aromatic N) is 1. The van der Waals surface area contributed by atoms with Gasteiger partial charge in [0.05, 0.1) is 25.5 Å². The number of imide groups is 1. The molecule has 0 saturated carbocycles. The molecule has 27 heavy (non-hydrogen) atoms. The summed E-state index contributed by atoms with van der Waals surface area (Å²) in [6, 6.07) is 12.8. The SMILES string of the molecule is COC(=O)c1cccc(N2C(=O)C(Cl)=C(Nc3cccc(OC)c3)C2=O)c1. The Balaban J connectivity index is 1.91. The highest BCUT2D eigenvalue weighted by molar-refractivity contribution is 6.53. The highest BCUT2D eigenvalue weighted by atomic mass is 35.5. The Morgan fingerprint density at radius 3 is 2.48 bits per heavy atom. The Hall–Kier alpha value is -3.32. The van der Waals surface area contributed by atoms with Crippen LogP contribution in [-0.2, 0) is 14.3 Å². The van der Waals surface area contributed by atoms with Gasteiger partial charge < -0.3 is 14.8 Å². The van der Waals surface area contributed by atoms with Gasteiger partial charge >= 0.3 is 5.97 Å². The number of carbonyl (C=O) groups is 3. The minimum atomic E-state index is -0.686. The molecular weight excluding hydrogens is 372 g/mol. The molecule has 3 rings (SSSR count). The number of amides is 2. The molecule has 0 spiro atoms. The van der Waals surface area contributed by atoms with Crippen molar-refractivity contribution in [3.8, 4) is 5.75 Å². The average Bonchev–Trinajstić information content (AvgIpc) is 2.91. The fourth-order valence-corrected chi connectivity index (χ4v) is 2.79. The van der Waals surface area contributed by atoms with Gasteiger partial charge in [0.1, 0.15) is 16.5 Å². The van der Waals surface area contributed by atoms with Crippen molar-refractivity contribution >= 4 is 40.8 Å². The quantitative estimate of drug-likeness (QED) is 0.628. The number of anilines is 2. The van der Waals surface area contributed by atoms with Crippen LogP contribution >= 0.6 is 11.6 Å². The topological polar surface area (TPSA) is 84.9 Å². The molecule has 0 saturated heterocycles. The predicted molar refractivity (Wildman–Crippen MR) is 99.8 cm³/mol. The van der Waals surface area contributed by atoms with E-state index in [1.165, 1.54) is 32.4 Å². The van der Waals surface area contributed by atoms with Gasteiger partial charge in [0.15, 0.2) is 0 Å². The molecule has 0 unspecified atom stereocenters. The number of hydrogen-bond donors (Lipinski definition) is 1. The van der Waals surface area contributed by atoms with Crippen molar-refractivity contribution < 1.29 is 23.9 Å². The zero-order chi connectivity index (χ0) is 19.6. The van der Waals surface area contributed by atoms with Crippen LogP contribution < -0.4 is 15.0 Å². The molecule has 8 heteroatoms. The zero-order valence-corrected chi connectivity index (χ0v) is 15.2. The predicted octanol–water partition coefficient (Wildman–Crippen LogP) is 2.92. The maximum absolute atomic E-state index is 12.8. The van der Waals surface area contributed by atoms with Crippen LogP contribution in [0.25, 0.3) is 0 Å². The Morgan fingerprint density at radius 1 is 1.04 bits per heavy atom. The molecule has 0 radical (unpaired) electrons. The monoisotopic (exact) mass is 386 g/mol. The van der Waals surface area contributed by atoms with E-state index in [1.54, 1.807) is 30.3 Å². The third-order valence-corrected chi connectivity index (χ3v) is 4.24. The molecule has 2 amide bonds. The number of rotatable bonds is 5. The zero-order valence-electron chi connectivity index (χ0n) is 14.5. The minimum absolute atomic E-state index is 0.0570. The summed E-state index contributed by atoms with van der Waals surface area (Å²) >= 11 is 6.10. The Bertz CT molecular complexity index is 970. The first-order chi connectivity index (χ1) is 13.0. The van der Waals surface area contributed by atoms with Gasteiger partial charge in [0, 0.05) is 11.8 Å². The minimum Gasteiger partial charge on any atom is -0.497 e. The third kappa shape index (κ3) is 3.50. The lowest BCUT2D eigenvalue weighted by molar-refractivity contribution is -0.120. The van der Waals surface area contributed by atoms with Crippen LogP contribution in [0.3, 0.4) is 0 Å². The fourth-order valence-electron chi connectivity index (χ4n) is 2.58. The Morgan fingerprint density at radius 2 is 1.78 bits per heavy atom. The number of nitrogens with one attached hydrogen (secondary N) is 1. The van der Waals surface area contributed by atoms with Gasteiger partial charge in [-0.05, 0) is 30.3 Å². The summed E-state index contributed by atoms with van der Waals surface area (Å²) in [4.78, 5) is 37.9. The first kappa shape index (κ1) is 18.5. The van der Waals surface area contributed by atoms with Gasteiger partial charge in [-0.15, -0.1) is 0 Å². The number of halogens is 1. The van der Waals surface area contributed by atoms with Crippen LogP contribution in [0.1, 0.15) is 10.4 Å². The number of methoxy groups -OCH3 is 2. The van der Waals surface area contributed by atoms with Gasteiger partial charge in [0.25, 0.3) is 11.8 Å². The molecule has 2 aromatic rings. The Labute approximate surface area is 160 Å². The van der Waals surface area contributed by atoms with Gasteiger partial charge in [-0.1, -0.05) is 23.7 Å². The lowest BCUT2D eigenvalue weighted by atomic mass is 10.2. The summed E-state index contributed by atoms with van der Waals surface area (Å²) in [5, 5.41) is 2.61. The second-order valence-electron chi connectivity index (χ2n) is 5.53. The van der Waals surface area contributed by atoms with Crippen molar-refractivity contribution in [3.05, 3.63) is 64.8 Å². The highest BCUT2D eigenvalue weighted by Gasteiger charge is 2.39. The van der Waals surface area contributed by atoms with E-state index in [9.17, 15) is 14.4 Å². The Kier molecular flexibility index (Phi) is 5.14. The molecule has 138 valence electrons. The smallest absolute Gasteiger partial charge is 0.337 e. The van der Waals surface area contributed by atoms with Crippen molar-refractivity contribution in [2.45, 2.75) is 0 Å². The van der Waals surface area contributed by atoms with E-state index in [2.05, 4.69) is 10.1 Å². The molecule has 0 aromatic heterocycles. The summed E-state index contributed by atoms with van der Waals surface area (Å²) in [6.45, 7) is 0. The number of esters is 1. The van der Waals surface area contributed by atoms with Gasteiger partial charge in [-0.3, -0.25) is 9.59 Å². The van der Waals surface area contributed by atoms with E-state index in [0.717, 1.165) is 4.90 Å². The maximum atomic E-state index is 12.8.